The number of rotatable bonds is 4. The van der Waals surface area contributed by atoms with Gasteiger partial charge in [0.15, 0.2) is 11.5 Å². The largest absolute Gasteiger partial charge is 0.454 e. The molecule has 0 saturated heterocycles. The maximum Gasteiger partial charge on any atom is 0.262 e. The summed E-state index contributed by atoms with van der Waals surface area (Å²) >= 11 is 1.64. The van der Waals surface area contributed by atoms with Gasteiger partial charge in [-0.05, 0) is 42.2 Å². The second-order valence-corrected chi connectivity index (χ2v) is 10.1. The van der Waals surface area contributed by atoms with Crippen LogP contribution in [0.5, 0.6) is 11.5 Å². The van der Waals surface area contributed by atoms with E-state index in [1.54, 1.807) is 28.4 Å². The predicted octanol–water partition coefficient (Wildman–Crippen LogP) is 4.75. The van der Waals surface area contributed by atoms with E-state index in [-0.39, 0.29) is 12.4 Å². The van der Waals surface area contributed by atoms with Gasteiger partial charge in [-0.3, -0.25) is 14.3 Å². The quantitative estimate of drug-likeness (QED) is 0.398. The number of aromatic nitrogens is 3. The van der Waals surface area contributed by atoms with E-state index in [0.717, 1.165) is 68.7 Å². The molecule has 1 atom stereocenters. The van der Waals surface area contributed by atoms with Crippen LogP contribution in [0.1, 0.15) is 22.4 Å². The highest BCUT2D eigenvalue weighted by molar-refractivity contribution is 7.18. The van der Waals surface area contributed by atoms with Crippen LogP contribution in [-0.4, -0.2) is 27.4 Å². The summed E-state index contributed by atoms with van der Waals surface area (Å²) in [5.41, 5.74) is 4.16. The van der Waals surface area contributed by atoms with Gasteiger partial charge in [0.25, 0.3) is 5.56 Å². The number of pyridine rings is 1. The molecule has 0 radical (unpaired) electrons. The fourth-order valence-corrected chi connectivity index (χ4v) is 6.40. The third kappa shape index (κ3) is 3.52. The first kappa shape index (κ1) is 20.5. The molecule has 2 aromatic carbocycles. The number of aryl methyl sites for hydroxylation is 1. The van der Waals surface area contributed by atoms with Crippen LogP contribution >= 0.6 is 11.3 Å². The Kier molecular flexibility index (Phi) is 4.73. The Morgan fingerprint density at radius 2 is 2.00 bits per heavy atom. The molecule has 1 aliphatic carbocycles. The molecule has 5 aromatic rings. The van der Waals surface area contributed by atoms with Gasteiger partial charge in [0.05, 0.1) is 23.8 Å². The second kappa shape index (κ2) is 8.09. The molecule has 35 heavy (non-hydrogen) atoms. The van der Waals surface area contributed by atoms with Crippen molar-refractivity contribution in [3.05, 3.63) is 87.4 Å². The molecule has 7 rings (SSSR count). The van der Waals surface area contributed by atoms with Crippen molar-refractivity contribution in [3.8, 4) is 11.5 Å². The van der Waals surface area contributed by atoms with Crippen molar-refractivity contribution in [2.24, 2.45) is 0 Å². The molecule has 0 saturated carbocycles. The van der Waals surface area contributed by atoms with E-state index in [0.29, 0.717) is 12.6 Å². The SMILES string of the molecule is O=c1c2c3c(sc2ncn1Cc1cccc2cccnc12)CC(Nc1ccc2c(c1)OCO2)CC3. The van der Waals surface area contributed by atoms with Crippen molar-refractivity contribution in [2.45, 2.75) is 31.8 Å². The molecule has 1 unspecified atom stereocenters. The van der Waals surface area contributed by atoms with Crippen molar-refractivity contribution in [3.63, 3.8) is 0 Å². The van der Waals surface area contributed by atoms with E-state index in [2.05, 4.69) is 15.3 Å². The lowest BCUT2D eigenvalue weighted by atomic mass is 9.93. The van der Waals surface area contributed by atoms with Crippen LogP contribution in [0.15, 0.2) is 65.8 Å². The third-order valence-corrected chi connectivity index (χ3v) is 8.00. The van der Waals surface area contributed by atoms with E-state index >= 15 is 0 Å². The van der Waals surface area contributed by atoms with E-state index in [9.17, 15) is 4.79 Å². The molecular weight excluding hydrogens is 460 g/mol. The first-order valence-corrected chi connectivity index (χ1v) is 12.5. The van der Waals surface area contributed by atoms with Crippen molar-refractivity contribution in [2.75, 3.05) is 12.1 Å². The number of anilines is 1. The zero-order valence-electron chi connectivity index (χ0n) is 18.9. The summed E-state index contributed by atoms with van der Waals surface area (Å²) in [7, 11) is 0. The Morgan fingerprint density at radius 1 is 1.09 bits per heavy atom. The van der Waals surface area contributed by atoms with Gasteiger partial charge in [-0.1, -0.05) is 24.3 Å². The van der Waals surface area contributed by atoms with Gasteiger partial charge >= 0.3 is 0 Å². The van der Waals surface area contributed by atoms with Gasteiger partial charge in [-0.2, -0.15) is 0 Å². The van der Waals surface area contributed by atoms with Crippen LogP contribution in [0.2, 0.25) is 0 Å². The van der Waals surface area contributed by atoms with Crippen LogP contribution in [0, 0.1) is 0 Å². The Morgan fingerprint density at radius 3 is 2.97 bits per heavy atom. The minimum atomic E-state index is 0.0302. The number of fused-ring (bicyclic) bond motifs is 5. The third-order valence-electron chi connectivity index (χ3n) is 6.84. The van der Waals surface area contributed by atoms with Crippen LogP contribution in [-0.2, 0) is 19.4 Å². The molecule has 1 aliphatic heterocycles. The number of para-hydroxylation sites is 1. The van der Waals surface area contributed by atoms with Crippen molar-refractivity contribution in [1.82, 2.24) is 14.5 Å². The summed E-state index contributed by atoms with van der Waals surface area (Å²) in [6.07, 6.45) is 6.15. The van der Waals surface area contributed by atoms with Gasteiger partial charge in [0.2, 0.25) is 6.79 Å². The number of ether oxygens (including phenoxy) is 2. The van der Waals surface area contributed by atoms with Crippen LogP contribution < -0.4 is 20.3 Å². The predicted molar refractivity (Wildman–Crippen MR) is 137 cm³/mol. The van der Waals surface area contributed by atoms with E-state index in [1.165, 1.54) is 4.88 Å². The fourth-order valence-electron chi connectivity index (χ4n) is 5.14. The first-order chi connectivity index (χ1) is 17.2. The molecule has 2 aliphatic rings. The highest BCUT2D eigenvalue weighted by atomic mass is 32.1. The summed E-state index contributed by atoms with van der Waals surface area (Å²) in [5, 5.41) is 5.48. The minimum Gasteiger partial charge on any atom is -0.454 e. The highest BCUT2D eigenvalue weighted by Crippen LogP contribution is 2.37. The number of hydrogen-bond donors (Lipinski definition) is 1. The van der Waals surface area contributed by atoms with Crippen molar-refractivity contribution >= 4 is 38.1 Å². The van der Waals surface area contributed by atoms with Crippen LogP contribution in [0.4, 0.5) is 5.69 Å². The Labute approximate surface area is 205 Å². The Balaban J connectivity index is 1.18. The zero-order valence-corrected chi connectivity index (χ0v) is 19.7. The lowest BCUT2D eigenvalue weighted by molar-refractivity contribution is 0.174. The molecule has 0 spiro atoms. The monoisotopic (exact) mass is 482 g/mol. The van der Waals surface area contributed by atoms with Gasteiger partial charge in [0.1, 0.15) is 4.83 Å². The number of nitrogens with one attached hydrogen (secondary N) is 1. The summed E-state index contributed by atoms with van der Waals surface area (Å²) in [6.45, 7) is 0.726. The second-order valence-electron chi connectivity index (χ2n) is 9.01. The lowest BCUT2D eigenvalue weighted by Crippen LogP contribution is -2.27. The first-order valence-electron chi connectivity index (χ1n) is 11.7. The standard InChI is InChI=1S/C27H22N4O3S/c32-27-24-20-8-6-19(30-18-7-9-21-22(11-18)34-15-33-21)12-23(20)35-26(24)29-14-31(27)13-17-4-1-3-16-5-2-10-28-25(16)17/h1-5,7,9-11,14,19,30H,6,8,12-13,15H2. The van der Waals surface area contributed by atoms with Gasteiger partial charge < -0.3 is 14.8 Å². The molecule has 3 aromatic heterocycles. The van der Waals surface area contributed by atoms with E-state index in [1.807, 2.05) is 48.5 Å². The summed E-state index contributed by atoms with van der Waals surface area (Å²) < 4.78 is 12.6. The van der Waals surface area contributed by atoms with Crippen LogP contribution in [0.25, 0.3) is 21.1 Å². The van der Waals surface area contributed by atoms with Gasteiger partial charge in [-0.25, -0.2) is 4.98 Å². The number of nitrogens with zero attached hydrogens (tertiary/aromatic N) is 3. The summed E-state index contributed by atoms with van der Waals surface area (Å²) in [6, 6.07) is 16.3. The average Bonchev–Trinajstić information content (AvgIpc) is 3.50. The molecular formula is C27H22N4O3S. The highest BCUT2D eigenvalue weighted by Gasteiger charge is 2.26. The summed E-state index contributed by atoms with van der Waals surface area (Å²) in [4.78, 5) is 24.8. The average molecular weight is 483 g/mol. The Hall–Kier alpha value is -3.91. The molecule has 4 heterocycles. The molecule has 7 nitrogen and oxygen atoms in total. The smallest absolute Gasteiger partial charge is 0.262 e. The molecule has 0 amide bonds. The zero-order chi connectivity index (χ0) is 23.4. The molecule has 0 fully saturated rings. The fraction of sp³-hybridized carbons (Fsp3) is 0.222. The van der Waals surface area contributed by atoms with Crippen molar-refractivity contribution < 1.29 is 9.47 Å². The number of benzene rings is 2. The van der Waals surface area contributed by atoms with E-state index < -0.39 is 0 Å². The number of thiophene rings is 1. The lowest BCUT2D eigenvalue weighted by Gasteiger charge is -2.24. The molecule has 174 valence electrons. The van der Waals surface area contributed by atoms with Gasteiger partial charge in [0, 0.05) is 40.7 Å². The molecule has 8 heteroatoms. The maximum absolute atomic E-state index is 13.6. The Bertz CT molecular complexity index is 1650. The number of hydrogen-bond acceptors (Lipinski definition) is 7. The van der Waals surface area contributed by atoms with Gasteiger partial charge in [-0.15, -0.1) is 11.3 Å². The van der Waals surface area contributed by atoms with E-state index in [4.69, 9.17) is 9.47 Å². The van der Waals surface area contributed by atoms with Crippen molar-refractivity contribution in [1.29, 1.82) is 0 Å². The van der Waals surface area contributed by atoms with Crippen LogP contribution in [0.3, 0.4) is 0 Å². The topological polar surface area (TPSA) is 78.3 Å². The molecule has 1 N–H and O–H groups in total. The maximum atomic E-state index is 13.6. The summed E-state index contributed by atoms with van der Waals surface area (Å²) in [5.74, 6) is 1.56. The minimum absolute atomic E-state index is 0.0302. The molecule has 0 bridgehead atoms. The normalized spacial score (nSPS) is 16.5.